The first kappa shape index (κ1) is 10.0. The highest BCUT2D eigenvalue weighted by Gasteiger charge is 2.21. The van der Waals surface area contributed by atoms with Gasteiger partial charge in [-0.2, -0.15) is 0 Å². The lowest BCUT2D eigenvalue weighted by Crippen LogP contribution is -2.50. The summed E-state index contributed by atoms with van der Waals surface area (Å²) in [4.78, 5) is 8.83. The maximum Gasteiger partial charge on any atom is 0.156 e. The van der Waals surface area contributed by atoms with Crippen LogP contribution < -0.4 is 10.1 Å². The van der Waals surface area contributed by atoms with E-state index in [-0.39, 0.29) is 0 Å². The van der Waals surface area contributed by atoms with Crippen molar-refractivity contribution in [2.75, 3.05) is 13.1 Å². The normalized spacial score (nSPS) is 22.0. The third-order valence-corrected chi connectivity index (χ3v) is 3.42. The van der Waals surface area contributed by atoms with Crippen LogP contribution in [0.4, 0.5) is 0 Å². The number of nitrogens with zero attached hydrogens (tertiary/aromatic N) is 2. The Morgan fingerprint density at radius 2 is 1.81 bits per heavy atom. The molecule has 2 heterocycles. The van der Waals surface area contributed by atoms with Gasteiger partial charge >= 0.3 is 0 Å². The van der Waals surface area contributed by atoms with E-state index < -0.39 is 0 Å². The lowest BCUT2D eigenvalue weighted by atomic mass is 10.1. The highest BCUT2D eigenvalue weighted by molar-refractivity contribution is 5.15. The van der Waals surface area contributed by atoms with Gasteiger partial charge in [0.25, 0.3) is 0 Å². The number of nitrogens with one attached hydrogen (secondary N) is 1. The standard InChI is InChI=1S/C12H17N3O/c1-2-4-9(3-1)12-14-7-11(8-15-12)16-10-5-13-6-10/h7-10,13H,1-6H2. The number of hydrogen-bond acceptors (Lipinski definition) is 4. The Hall–Kier alpha value is -1.16. The third-order valence-electron chi connectivity index (χ3n) is 3.42. The van der Waals surface area contributed by atoms with Gasteiger partial charge in [0.05, 0.1) is 12.4 Å². The Balaban J connectivity index is 1.64. The summed E-state index contributed by atoms with van der Waals surface area (Å²) in [6.45, 7) is 1.87. The average molecular weight is 219 g/mol. The van der Waals surface area contributed by atoms with Crippen molar-refractivity contribution < 1.29 is 4.74 Å². The third kappa shape index (κ3) is 2.02. The van der Waals surface area contributed by atoms with Crippen molar-refractivity contribution in [1.82, 2.24) is 15.3 Å². The lowest BCUT2D eigenvalue weighted by molar-refractivity contribution is 0.141. The number of ether oxygens (including phenoxy) is 1. The Bertz CT molecular complexity index is 342. The Morgan fingerprint density at radius 1 is 1.12 bits per heavy atom. The average Bonchev–Trinajstić information content (AvgIpc) is 2.78. The molecular formula is C12H17N3O. The van der Waals surface area contributed by atoms with E-state index in [2.05, 4.69) is 15.3 Å². The molecule has 0 amide bonds. The van der Waals surface area contributed by atoms with Gasteiger partial charge in [0.15, 0.2) is 5.75 Å². The van der Waals surface area contributed by atoms with Crippen LogP contribution in [0.3, 0.4) is 0 Å². The van der Waals surface area contributed by atoms with E-state index in [9.17, 15) is 0 Å². The Kier molecular flexibility index (Phi) is 2.74. The molecule has 86 valence electrons. The molecule has 16 heavy (non-hydrogen) atoms. The van der Waals surface area contributed by atoms with Crippen molar-refractivity contribution in [2.24, 2.45) is 0 Å². The van der Waals surface area contributed by atoms with E-state index >= 15 is 0 Å². The summed E-state index contributed by atoms with van der Waals surface area (Å²) in [5, 5.41) is 3.17. The minimum atomic E-state index is 0.306. The summed E-state index contributed by atoms with van der Waals surface area (Å²) in [6.07, 6.45) is 9.07. The van der Waals surface area contributed by atoms with Gasteiger partial charge in [-0.3, -0.25) is 0 Å². The highest BCUT2D eigenvalue weighted by Crippen LogP contribution is 2.32. The van der Waals surface area contributed by atoms with Crippen LogP contribution in [0.2, 0.25) is 0 Å². The number of rotatable bonds is 3. The van der Waals surface area contributed by atoms with Gasteiger partial charge in [0, 0.05) is 19.0 Å². The van der Waals surface area contributed by atoms with Gasteiger partial charge in [-0.1, -0.05) is 12.8 Å². The molecule has 4 nitrogen and oxygen atoms in total. The summed E-state index contributed by atoms with van der Waals surface area (Å²) >= 11 is 0. The van der Waals surface area contributed by atoms with E-state index in [1.54, 1.807) is 0 Å². The van der Waals surface area contributed by atoms with Gasteiger partial charge in [-0.15, -0.1) is 0 Å². The molecule has 0 atom stereocenters. The second-order valence-corrected chi connectivity index (χ2v) is 4.66. The minimum absolute atomic E-state index is 0.306. The van der Waals surface area contributed by atoms with Crippen molar-refractivity contribution in [2.45, 2.75) is 37.7 Å². The monoisotopic (exact) mass is 219 g/mol. The first-order chi connectivity index (χ1) is 7.92. The zero-order chi connectivity index (χ0) is 10.8. The highest BCUT2D eigenvalue weighted by atomic mass is 16.5. The SMILES string of the molecule is c1nc(C2CCCC2)ncc1OC1CNC1. The molecule has 0 aromatic carbocycles. The lowest BCUT2D eigenvalue weighted by Gasteiger charge is -2.27. The zero-order valence-corrected chi connectivity index (χ0v) is 9.35. The first-order valence-electron chi connectivity index (χ1n) is 6.11. The van der Waals surface area contributed by atoms with Gasteiger partial charge in [-0.25, -0.2) is 9.97 Å². The largest absolute Gasteiger partial charge is 0.485 e. The quantitative estimate of drug-likeness (QED) is 0.836. The van der Waals surface area contributed by atoms with Crippen LogP contribution in [-0.2, 0) is 0 Å². The maximum atomic E-state index is 5.68. The van der Waals surface area contributed by atoms with Crippen LogP contribution in [-0.4, -0.2) is 29.2 Å². The summed E-state index contributed by atoms with van der Waals surface area (Å²) in [5.41, 5.74) is 0. The molecule has 2 aliphatic rings. The molecule has 0 radical (unpaired) electrons. The molecule has 3 rings (SSSR count). The van der Waals surface area contributed by atoms with Gasteiger partial charge in [-0.05, 0) is 12.8 Å². The van der Waals surface area contributed by atoms with Gasteiger partial charge in [0.1, 0.15) is 11.9 Å². The van der Waals surface area contributed by atoms with E-state index in [1.165, 1.54) is 25.7 Å². The molecule has 0 unspecified atom stereocenters. The van der Waals surface area contributed by atoms with E-state index in [1.807, 2.05) is 12.4 Å². The molecule has 1 aliphatic carbocycles. The number of hydrogen-bond donors (Lipinski definition) is 1. The molecule has 1 aliphatic heterocycles. The second-order valence-electron chi connectivity index (χ2n) is 4.66. The van der Waals surface area contributed by atoms with Gasteiger partial charge < -0.3 is 10.1 Å². The molecule has 1 N–H and O–H groups in total. The van der Waals surface area contributed by atoms with Crippen molar-refractivity contribution in [1.29, 1.82) is 0 Å². The van der Waals surface area contributed by atoms with Gasteiger partial charge in [0.2, 0.25) is 0 Å². The van der Waals surface area contributed by atoms with Crippen LogP contribution in [0.5, 0.6) is 5.75 Å². The minimum Gasteiger partial charge on any atom is -0.485 e. The summed E-state index contributed by atoms with van der Waals surface area (Å²) < 4.78 is 5.68. The fourth-order valence-corrected chi connectivity index (χ4v) is 2.32. The van der Waals surface area contributed by atoms with Crippen molar-refractivity contribution in [3.63, 3.8) is 0 Å². The molecule has 0 spiro atoms. The van der Waals surface area contributed by atoms with Crippen LogP contribution in [0.1, 0.15) is 37.4 Å². The van der Waals surface area contributed by atoms with E-state index in [0.29, 0.717) is 12.0 Å². The number of aromatic nitrogens is 2. The molecule has 4 heteroatoms. The van der Waals surface area contributed by atoms with Crippen LogP contribution in [0.25, 0.3) is 0 Å². The van der Waals surface area contributed by atoms with E-state index in [0.717, 1.165) is 24.7 Å². The van der Waals surface area contributed by atoms with Crippen LogP contribution in [0.15, 0.2) is 12.4 Å². The van der Waals surface area contributed by atoms with Crippen molar-refractivity contribution in [3.05, 3.63) is 18.2 Å². The molecule has 1 aromatic heterocycles. The van der Waals surface area contributed by atoms with Crippen LogP contribution in [0, 0.1) is 0 Å². The molecule has 1 aromatic rings. The van der Waals surface area contributed by atoms with Crippen molar-refractivity contribution >= 4 is 0 Å². The summed E-state index contributed by atoms with van der Waals surface area (Å²) in [6, 6.07) is 0. The first-order valence-corrected chi connectivity index (χ1v) is 6.11. The van der Waals surface area contributed by atoms with E-state index in [4.69, 9.17) is 4.74 Å². The summed E-state index contributed by atoms with van der Waals surface area (Å²) in [7, 11) is 0. The predicted octanol–water partition coefficient (Wildman–Crippen LogP) is 1.48. The molecule has 2 fully saturated rings. The second kappa shape index (κ2) is 4.37. The molecule has 1 saturated heterocycles. The van der Waals surface area contributed by atoms with Crippen molar-refractivity contribution in [3.8, 4) is 5.75 Å². The fourth-order valence-electron chi connectivity index (χ4n) is 2.32. The zero-order valence-electron chi connectivity index (χ0n) is 9.35. The fraction of sp³-hybridized carbons (Fsp3) is 0.667. The Labute approximate surface area is 95.4 Å². The smallest absolute Gasteiger partial charge is 0.156 e. The predicted molar refractivity (Wildman–Crippen MR) is 60.5 cm³/mol. The summed E-state index contributed by atoms with van der Waals surface area (Å²) in [5.74, 6) is 2.38. The topological polar surface area (TPSA) is 47.0 Å². The molecule has 1 saturated carbocycles. The maximum absolute atomic E-state index is 5.68. The molecular weight excluding hydrogens is 202 g/mol. The Morgan fingerprint density at radius 3 is 2.38 bits per heavy atom. The molecule has 0 bridgehead atoms. The van der Waals surface area contributed by atoms with Crippen LogP contribution >= 0.6 is 0 Å².